The van der Waals surface area contributed by atoms with Gasteiger partial charge in [-0.25, -0.2) is 0 Å². The summed E-state index contributed by atoms with van der Waals surface area (Å²) < 4.78 is 0. The summed E-state index contributed by atoms with van der Waals surface area (Å²) in [5.74, 6) is -0.272. The average Bonchev–Trinajstić information content (AvgIpc) is 2.39. The Kier molecular flexibility index (Phi) is 3.82. The van der Waals surface area contributed by atoms with Crippen molar-refractivity contribution >= 4 is 29.0 Å². The van der Waals surface area contributed by atoms with E-state index >= 15 is 0 Å². The van der Waals surface area contributed by atoms with Crippen molar-refractivity contribution in [1.82, 2.24) is 0 Å². The van der Waals surface area contributed by atoms with Crippen molar-refractivity contribution in [3.05, 3.63) is 60.2 Å². The first-order chi connectivity index (χ1) is 8.18. The third kappa shape index (κ3) is 2.87. The van der Waals surface area contributed by atoms with E-state index in [1.165, 1.54) is 0 Å². The van der Waals surface area contributed by atoms with Crippen molar-refractivity contribution in [2.24, 2.45) is 0 Å². The van der Waals surface area contributed by atoms with E-state index in [9.17, 15) is 4.79 Å². The summed E-state index contributed by atoms with van der Waals surface area (Å²) in [6.45, 7) is 0. The van der Waals surface area contributed by atoms with Crippen LogP contribution in [-0.2, 0) is 0 Å². The number of halogens is 2. The SMILES string of the molecule is O=C(c1cccc(-c2ccccc2)c1)C(Cl)Cl. The van der Waals surface area contributed by atoms with Crippen LogP contribution in [0.25, 0.3) is 11.1 Å². The average molecular weight is 265 g/mol. The zero-order valence-corrected chi connectivity index (χ0v) is 10.4. The van der Waals surface area contributed by atoms with Crippen molar-refractivity contribution in [2.45, 2.75) is 4.84 Å². The molecule has 2 aromatic rings. The molecule has 0 aliphatic carbocycles. The number of carbonyl (C=O) groups excluding carboxylic acids is 1. The van der Waals surface area contributed by atoms with Crippen LogP contribution in [0.2, 0.25) is 0 Å². The molecule has 2 rings (SSSR count). The van der Waals surface area contributed by atoms with Crippen LogP contribution in [0.4, 0.5) is 0 Å². The molecule has 0 aliphatic rings. The highest BCUT2D eigenvalue weighted by atomic mass is 35.5. The molecule has 17 heavy (non-hydrogen) atoms. The highest BCUT2D eigenvalue weighted by molar-refractivity contribution is 6.55. The van der Waals surface area contributed by atoms with Crippen molar-refractivity contribution < 1.29 is 4.79 Å². The molecule has 86 valence electrons. The Labute approximate surface area is 110 Å². The minimum atomic E-state index is -1.01. The first-order valence-corrected chi connectivity index (χ1v) is 6.03. The number of hydrogen-bond acceptors (Lipinski definition) is 1. The van der Waals surface area contributed by atoms with E-state index in [1.807, 2.05) is 42.5 Å². The molecule has 0 aromatic heterocycles. The quantitative estimate of drug-likeness (QED) is 0.596. The smallest absolute Gasteiger partial charge is 0.195 e. The van der Waals surface area contributed by atoms with E-state index in [2.05, 4.69) is 0 Å². The molecule has 0 saturated heterocycles. The molecule has 0 radical (unpaired) electrons. The predicted octanol–water partition coefficient (Wildman–Crippen LogP) is 4.34. The molecule has 0 heterocycles. The summed E-state index contributed by atoms with van der Waals surface area (Å²) in [5.41, 5.74) is 2.56. The van der Waals surface area contributed by atoms with Gasteiger partial charge in [0.15, 0.2) is 10.6 Å². The Morgan fingerprint density at radius 3 is 2.18 bits per heavy atom. The predicted molar refractivity (Wildman–Crippen MR) is 71.7 cm³/mol. The lowest BCUT2D eigenvalue weighted by Crippen LogP contribution is -2.07. The van der Waals surface area contributed by atoms with Gasteiger partial charge in [-0.05, 0) is 17.2 Å². The van der Waals surface area contributed by atoms with Gasteiger partial charge in [-0.1, -0.05) is 71.7 Å². The van der Waals surface area contributed by atoms with E-state index in [-0.39, 0.29) is 5.78 Å². The lowest BCUT2D eigenvalue weighted by molar-refractivity contribution is 0.101. The van der Waals surface area contributed by atoms with Crippen LogP contribution >= 0.6 is 23.2 Å². The molecule has 0 saturated carbocycles. The molecule has 0 spiro atoms. The summed E-state index contributed by atoms with van der Waals surface area (Å²) >= 11 is 11.2. The van der Waals surface area contributed by atoms with Crippen LogP contribution in [0.15, 0.2) is 54.6 Å². The van der Waals surface area contributed by atoms with Gasteiger partial charge < -0.3 is 0 Å². The van der Waals surface area contributed by atoms with Crippen LogP contribution < -0.4 is 0 Å². The van der Waals surface area contributed by atoms with E-state index in [1.54, 1.807) is 12.1 Å². The number of benzene rings is 2. The van der Waals surface area contributed by atoms with Crippen LogP contribution in [0.5, 0.6) is 0 Å². The lowest BCUT2D eigenvalue weighted by atomic mass is 10.0. The Bertz CT molecular complexity index is 521. The summed E-state index contributed by atoms with van der Waals surface area (Å²) in [5, 5.41) is 0. The van der Waals surface area contributed by atoms with Crippen LogP contribution in [0.3, 0.4) is 0 Å². The Morgan fingerprint density at radius 2 is 1.53 bits per heavy atom. The zero-order valence-electron chi connectivity index (χ0n) is 8.94. The molecular formula is C14H10Cl2O. The maximum Gasteiger partial charge on any atom is 0.195 e. The Hall–Kier alpha value is -1.31. The van der Waals surface area contributed by atoms with Gasteiger partial charge in [0.2, 0.25) is 0 Å². The number of Topliss-reactive ketones (excluding diaryl/α,β-unsaturated/α-hetero) is 1. The van der Waals surface area contributed by atoms with Gasteiger partial charge in [-0.3, -0.25) is 4.79 Å². The van der Waals surface area contributed by atoms with Crippen LogP contribution in [0.1, 0.15) is 10.4 Å². The Balaban J connectivity index is 2.39. The number of rotatable bonds is 3. The summed E-state index contributed by atoms with van der Waals surface area (Å²) in [4.78, 5) is 10.7. The van der Waals surface area contributed by atoms with Gasteiger partial charge >= 0.3 is 0 Å². The van der Waals surface area contributed by atoms with E-state index in [4.69, 9.17) is 23.2 Å². The molecule has 3 heteroatoms. The molecule has 1 nitrogen and oxygen atoms in total. The molecule has 0 bridgehead atoms. The maximum atomic E-state index is 11.7. The third-order valence-corrected chi connectivity index (χ3v) is 2.85. The van der Waals surface area contributed by atoms with Gasteiger partial charge in [0.1, 0.15) is 0 Å². The normalized spacial score (nSPS) is 10.5. The third-order valence-electron chi connectivity index (χ3n) is 2.45. The molecule has 0 fully saturated rings. The topological polar surface area (TPSA) is 17.1 Å². The highest BCUT2D eigenvalue weighted by Crippen LogP contribution is 2.21. The number of alkyl halides is 2. The fraction of sp³-hybridized carbons (Fsp3) is 0.0714. The standard InChI is InChI=1S/C14H10Cl2O/c15-14(16)13(17)12-8-4-7-11(9-12)10-5-2-1-3-6-10/h1-9,14H. The van der Waals surface area contributed by atoms with Crippen molar-refractivity contribution in [3.8, 4) is 11.1 Å². The summed E-state index contributed by atoms with van der Waals surface area (Å²) in [7, 11) is 0. The number of ketones is 1. The fourth-order valence-electron chi connectivity index (χ4n) is 1.61. The van der Waals surface area contributed by atoms with Gasteiger partial charge in [0.05, 0.1) is 0 Å². The van der Waals surface area contributed by atoms with Gasteiger partial charge in [-0.15, -0.1) is 0 Å². The largest absolute Gasteiger partial charge is 0.291 e. The number of carbonyl (C=O) groups is 1. The van der Waals surface area contributed by atoms with Gasteiger partial charge in [-0.2, -0.15) is 0 Å². The maximum absolute atomic E-state index is 11.7. The van der Waals surface area contributed by atoms with Crippen molar-refractivity contribution in [2.75, 3.05) is 0 Å². The van der Waals surface area contributed by atoms with E-state index < -0.39 is 4.84 Å². The number of hydrogen-bond donors (Lipinski definition) is 0. The molecule has 0 unspecified atom stereocenters. The van der Waals surface area contributed by atoms with Gasteiger partial charge in [0.25, 0.3) is 0 Å². The molecule has 0 atom stereocenters. The van der Waals surface area contributed by atoms with E-state index in [0.717, 1.165) is 11.1 Å². The second-order valence-corrected chi connectivity index (χ2v) is 4.71. The fourth-order valence-corrected chi connectivity index (χ4v) is 1.86. The van der Waals surface area contributed by atoms with Crippen LogP contribution in [-0.4, -0.2) is 10.6 Å². The minimum Gasteiger partial charge on any atom is -0.291 e. The van der Waals surface area contributed by atoms with Gasteiger partial charge in [0, 0.05) is 5.56 Å². The first kappa shape index (κ1) is 12.2. The monoisotopic (exact) mass is 264 g/mol. The lowest BCUT2D eigenvalue weighted by Gasteiger charge is -2.05. The van der Waals surface area contributed by atoms with E-state index in [0.29, 0.717) is 5.56 Å². The second kappa shape index (κ2) is 5.35. The van der Waals surface area contributed by atoms with Crippen molar-refractivity contribution in [1.29, 1.82) is 0 Å². The van der Waals surface area contributed by atoms with Crippen LogP contribution in [0, 0.1) is 0 Å². The molecular weight excluding hydrogens is 255 g/mol. The first-order valence-electron chi connectivity index (χ1n) is 5.16. The molecule has 2 aromatic carbocycles. The Morgan fingerprint density at radius 1 is 0.882 bits per heavy atom. The molecule has 0 aliphatic heterocycles. The highest BCUT2D eigenvalue weighted by Gasteiger charge is 2.14. The molecule has 0 N–H and O–H groups in total. The minimum absolute atomic E-state index is 0.272. The molecule has 0 amide bonds. The second-order valence-electron chi connectivity index (χ2n) is 3.61. The van der Waals surface area contributed by atoms with Crippen molar-refractivity contribution in [3.63, 3.8) is 0 Å². The summed E-state index contributed by atoms with van der Waals surface area (Å²) in [6.07, 6.45) is 0. The zero-order chi connectivity index (χ0) is 12.3. The summed E-state index contributed by atoms with van der Waals surface area (Å²) in [6, 6.07) is 17.1.